The van der Waals surface area contributed by atoms with E-state index < -0.39 is 10.9 Å². The summed E-state index contributed by atoms with van der Waals surface area (Å²) in [6.45, 7) is 0. The molecule has 0 unspecified atom stereocenters. The maximum absolute atomic E-state index is 11.9. The van der Waals surface area contributed by atoms with Crippen LogP contribution in [-0.2, 0) is 0 Å². The van der Waals surface area contributed by atoms with Gasteiger partial charge >= 0.3 is 206 Å². The van der Waals surface area contributed by atoms with Crippen molar-refractivity contribution in [1.29, 1.82) is 0 Å². The van der Waals surface area contributed by atoms with Crippen LogP contribution in [0.3, 0.4) is 0 Å². The molecule has 2 aliphatic rings. The van der Waals surface area contributed by atoms with Gasteiger partial charge in [0.15, 0.2) is 5.43 Å². The minimum Gasteiger partial charge on any atom is -0.603 e. The number of hydrogen-bond acceptors (Lipinski definition) is 4. The van der Waals surface area contributed by atoms with Crippen LogP contribution in [0.1, 0.15) is 0 Å². The van der Waals surface area contributed by atoms with Gasteiger partial charge in [0.1, 0.15) is 5.75 Å². The molecule has 0 fully saturated rings. The first-order valence-corrected chi connectivity index (χ1v) is 5.07. The first kappa shape index (κ1) is 27.4. The van der Waals surface area contributed by atoms with E-state index in [1.54, 1.807) is 18.2 Å². The maximum atomic E-state index is 11.9. The van der Waals surface area contributed by atoms with Gasteiger partial charge in [-0.2, -0.15) is 5.22 Å². The molecule has 0 N–H and O–H groups in total. The molecule has 3 rings (SSSR count). The summed E-state index contributed by atoms with van der Waals surface area (Å²) in [4.78, 5) is 23.7. The summed E-state index contributed by atoms with van der Waals surface area (Å²) in [5.74, 6) is 0.542. The molecule has 4 nitrogen and oxygen atoms in total. The van der Waals surface area contributed by atoms with Crippen molar-refractivity contribution < 1.29 is 215 Å². The Balaban J connectivity index is 0. The monoisotopic (exact) mass is 384 g/mol. The summed E-state index contributed by atoms with van der Waals surface area (Å²) in [5, 5.41) is 1.29. The van der Waals surface area contributed by atoms with E-state index in [2.05, 4.69) is 0 Å². The zero-order valence-electron chi connectivity index (χ0n) is 13.0. The largest absolute Gasteiger partial charge is 1.00 e. The first-order valence-electron chi connectivity index (χ1n) is 5.07. The van der Waals surface area contributed by atoms with Crippen LogP contribution in [-0.4, -0.2) is 7.11 Å². The number of benzene rings is 1. The average Bonchev–Trinajstić information content (AvgIpc) is 2.84. The van der Waals surface area contributed by atoms with Crippen molar-refractivity contribution in [3.05, 3.63) is 61.6 Å². The number of hydrogen-bond donors (Lipinski definition) is 0. The second-order valence-electron chi connectivity index (χ2n) is 3.73. The SMILES string of the molecule is COc1ccc2c3o[cH-][cH-]c=3c(=O)c(=O)c2c1.[K+].[K+].[K+].[K+]. The first-order chi connectivity index (χ1) is 8.22. The molecule has 1 aliphatic heterocycles. The van der Waals surface area contributed by atoms with E-state index in [9.17, 15) is 9.59 Å². The van der Waals surface area contributed by atoms with Crippen LogP contribution in [0.25, 0.3) is 10.8 Å². The Morgan fingerprint density at radius 2 is 1.67 bits per heavy atom. The van der Waals surface area contributed by atoms with Crippen molar-refractivity contribution in [3.63, 3.8) is 0 Å². The molecule has 0 aromatic heterocycles. The van der Waals surface area contributed by atoms with E-state index in [0.717, 1.165) is 0 Å². The smallest absolute Gasteiger partial charge is 0.603 e. The standard InChI is InChI=1S/C13H8O4.4K/c1-16-7-2-3-8-10(6-7)12(15)11(14)9-4-5-17-13(8)9;;;;/h2-6H,1H3;;;;/q-2;4*+1. The van der Waals surface area contributed by atoms with Crippen molar-refractivity contribution in [2.24, 2.45) is 0 Å². The molecule has 8 heteroatoms. The van der Waals surface area contributed by atoms with E-state index in [1.165, 1.54) is 19.4 Å². The summed E-state index contributed by atoms with van der Waals surface area (Å²) in [7, 11) is 1.51. The number of ether oxygens (including phenoxy) is 1. The van der Waals surface area contributed by atoms with Gasteiger partial charge in [-0.25, -0.2) is 6.07 Å². The number of methoxy groups -OCH3 is 1. The normalized spacial score (nSPS) is 9.00. The molecule has 21 heavy (non-hydrogen) atoms. The maximum Gasteiger partial charge on any atom is 1.00 e. The summed E-state index contributed by atoms with van der Waals surface area (Å²) >= 11 is 0. The van der Waals surface area contributed by atoms with Crippen molar-refractivity contribution >= 4 is 10.8 Å². The molecule has 86 valence electrons. The van der Waals surface area contributed by atoms with Gasteiger partial charge in [0, 0.05) is 5.39 Å². The third-order valence-electron chi connectivity index (χ3n) is 2.83. The van der Waals surface area contributed by atoms with Crippen molar-refractivity contribution in [3.8, 4) is 5.75 Å². The van der Waals surface area contributed by atoms with Gasteiger partial charge in [0.25, 0.3) is 0 Å². The fraction of sp³-hybridized carbons (Fsp3) is 0.0769. The Kier molecular flexibility index (Phi) is 16.4. The molecule has 0 spiro atoms. The van der Waals surface area contributed by atoms with E-state index in [4.69, 9.17) is 9.15 Å². The fourth-order valence-electron chi connectivity index (χ4n) is 1.98. The summed E-state index contributed by atoms with van der Waals surface area (Å²) in [6, 6.07) is 6.53. The van der Waals surface area contributed by atoms with Crippen LogP contribution in [0.2, 0.25) is 0 Å². The third kappa shape index (κ3) is 5.83. The molecule has 0 bridgehead atoms. The molecule has 0 saturated heterocycles. The topological polar surface area (TPSA) is 56.5 Å². The quantitative estimate of drug-likeness (QED) is 0.238. The van der Waals surface area contributed by atoms with Crippen LogP contribution >= 0.6 is 0 Å². The van der Waals surface area contributed by atoms with Gasteiger partial charge < -0.3 is 18.7 Å². The summed E-state index contributed by atoms with van der Waals surface area (Å²) in [6.07, 6.45) is 1.41. The molecule has 0 atom stereocenters. The van der Waals surface area contributed by atoms with Crippen LogP contribution in [0, 0.1) is 10.6 Å². The average molecular weight is 385 g/mol. The molecular weight excluding hydrogens is 377 g/mol. The minimum atomic E-state index is -0.533. The molecule has 1 aromatic rings. The van der Waals surface area contributed by atoms with Crippen LogP contribution in [0.15, 0.2) is 44.5 Å². The number of rotatable bonds is 1. The predicted octanol–water partition coefficient (Wildman–Crippen LogP) is -10.7. The molecule has 0 saturated carbocycles. The molecule has 1 aliphatic carbocycles. The van der Waals surface area contributed by atoms with Crippen LogP contribution in [0.4, 0.5) is 0 Å². The second-order valence-corrected chi connectivity index (χ2v) is 3.73. The summed E-state index contributed by atoms with van der Waals surface area (Å²) < 4.78 is 10.3. The second kappa shape index (κ2) is 12.6. The molecule has 0 radical (unpaired) electrons. The fourth-order valence-corrected chi connectivity index (χ4v) is 1.98. The van der Waals surface area contributed by atoms with Gasteiger partial charge in [-0.05, 0) is 22.9 Å². The van der Waals surface area contributed by atoms with E-state index in [-0.39, 0.29) is 206 Å². The predicted molar refractivity (Wildman–Crippen MR) is 61.8 cm³/mol. The summed E-state index contributed by atoms with van der Waals surface area (Å²) in [5.41, 5.74) is -0.602. The molecular formula is C13H8K4O4+2. The van der Waals surface area contributed by atoms with Crippen molar-refractivity contribution in [1.82, 2.24) is 0 Å². The Labute approximate surface area is 291 Å². The van der Waals surface area contributed by atoms with Crippen LogP contribution < -0.4 is 221 Å². The van der Waals surface area contributed by atoms with E-state index >= 15 is 0 Å². The van der Waals surface area contributed by atoms with Crippen molar-refractivity contribution in [2.75, 3.05) is 7.11 Å². The zero-order valence-corrected chi connectivity index (χ0v) is 25.5. The molecule has 0 amide bonds. The zero-order chi connectivity index (χ0) is 12.0. The number of fused-ring (bicyclic) bond motifs is 2. The van der Waals surface area contributed by atoms with Gasteiger partial charge in [-0.1, -0.05) is 12.3 Å². The Morgan fingerprint density at radius 1 is 1.00 bits per heavy atom. The van der Waals surface area contributed by atoms with E-state index in [0.29, 0.717) is 27.2 Å². The van der Waals surface area contributed by atoms with Gasteiger partial charge in [0.05, 0.1) is 12.5 Å². The van der Waals surface area contributed by atoms with Gasteiger partial charge in [0.2, 0.25) is 0 Å². The Morgan fingerprint density at radius 3 is 2.29 bits per heavy atom. The molecule has 1 heterocycles. The van der Waals surface area contributed by atoms with Gasteiger partial charge in [-0.15, -0.1) is 0 Å². The van der Waals surface area contributed by atoms with Crippen LogP contribution in [0.5, 0.6) is 5.75 Å². The van der Waals surface area contributed by atoms with Crippen molar-refractivity contribution in [2.45, 2.75) is 0 Å². The minimum absolute atomic E-state index is 0. The van der Waals surface area contributed by atoms with E-state index in [1.807, 2.05) is 0 Å². The molecule has 1 aromatic carbocycles. The Bertz CT molecular complexity index is 878. The Hall–Kier alpha value is 4.19. The third-order valence-corrected chi connectivity index (χ3v) is 2.83. The van der Waals surface area contributed by atoms with Gasteiger partial charge in [-0.3, -0.25) is 0 Å².